The minimum atomic E-state index is -2.60. The van der Waals surface area contributed by atoms with Gasteiger partial charge in [0, 0.05) is 49.1 Å². The smallest absolute Gasteiger partial charge is 0.249 e. The van der Waals surface area contributed by atoms with Crippen LogP contribution in [0.3, 0.4) is 0 Å². The van der Waals surface area contributed by atoms with Crippen LogP contribution in [0.25, 0.3) is 0 Å². The van der Waals surface area contributed by atoms with E-state index in [2.05, 4.69) is 0 Å². The molecule has 0 aromatic rings. The molecule has 1 unspecified atom stereocenters. The van der Waals surface area contributed by atoms with E-state index in [4.69, 9.17) is 62.6 Å². The minimum Gasteiger partial charge on any atom is -0.382 e. The van der Waals surface area contributed by atoms with Crippen molar-refractivity contribution >= 4 is 86.6 Å². The van der Waals surface area contributed by atoms with Crippen LogP contribution in [0.2, 0.25) is 0 Å². The summed E-state index contributed by atoms with van der Waals surface area (Å²) >= 11 is 19.7. The molecule has 0 spiro atoms. The summed E-state index contributed by atoms with van der Waals surface area (Å²) in [5.41, 5.74) is -8.61. The lowest BCUT2D eigenvalue weighted by Crippen LogP contribution is -2.10. The number of aliphatic hydroxyl groups is 1. The Hall–Kier alpha value is 2.72. The number of rotatable bonds is 14. The summed E-state index contributed by atoms with van der Waals surface area (Å²) in [5.74, 6) is 0. The second-order valence-corrected chi connectivity index (χ2v) is 24.0. The first-order valence-corrected chi connectivity index (χ1v) is 18.8. The Balaban J connectivity index is 5.28. The molecule has 7 nitrogen and oxygen atoms in total. The zero-order valence-electron chi connectivity index (χ0n) is 14.5. The summed E-state index contributed by atoms with van der Waals surface area (Å²) in [5, 5.41) is 10.4. The van der Waals surface area contributed by atoms with Gasteiger partial charge >= 0.3 is 0 Å². The quantitative estimate of drug-likeness (QED) is 0.249. The van der Waals surface area contributed by atoms with E-state index < -0.39 is 22.5 Å². The summed E-state index contributed by atoms with van der Waals surface area (Å²) in [7, 11) is 8.86. The number of aliphatic hydroxyl groups excluding tert-OH is 1. The van der Waals surface area contributed by atoms with Gasteiger partial charge in [-0.25, -0.2) is 0 Å². The fourth-order valence-electron chi connectivity index (χ4n) is 1.23. The van der Waals surface area contributed by atoms with E-state index in [0.717, 1.165) is 11.4 Å². The molecule has 0 amide bonds. The molecule has 25 heavy (non-hydrogen) atoms. The second-order valence-electron chi connectivity index (χ2n) is 3.87. The number of hydrogen-bond acceptors (Lipinski definition) is 13. The maximum Gasteiger partial charge on any atom is 0.249 e. The lowest BCUT2D eigenvalue weighted by atomic mass is 10.5. The van der Waals surface area contributed by atoms with Crippen molar-refractivity contribution in [3.63, 3.8) is 0 Å². The van der Waals surface area contributed by atoms with Crippen LogP contribution in [-0.4, -0.2) is 57.8 Å². The standard InChI is InChI=1S/C9H23O7P3S6/c1-11-17(20,12-2)23-8(10)7-9(24-18(21,13-3)14-4)25-19(22,15-5)16-6/h8-10H,7H2,1-6H3. The molecule has 0 rings (SSSR count). The average Bonchev–Trinajstić information content (AvgIpc) is 2.60. The molecule has 1 N–H and O–H groups in total. The van der Waals surface area contributed by atoms with E-state index in [0.29, 0.717) is 0 Å². The van der Waals surface area contributed by atoms with E-state index in [1.54, 1.807) is 0 Å². The van der Waals surface area contributed by atoms with Crippen molar-refractivity contribution in [2.24, 2.45) is 0 Å². The number of hydrogen-bond donors (Lipinski definition) is 1. The van der Waals surface area contributed by atoms with Gasteiger partial charge in [0.2, 0.25) is 17.1 Å². The molecule has 0 aliphatic rings. The Labute approximate surface area is 177 Å². The van der Waals surface area contributed by atoms with Gasteiger partial charge in [-0.05, 0) is 46.8 Å². The molecule has 16 heteroatoms. The van der Waals surface area contributed by atoms with Crippen molar-refractivity contribution in [3.8, 4) is 0 Å². The van der Waals surface area contributed by atoms with Crippen molar-refractivity contribution in [3.05, 3.63) is 0 Å². The Morgan fingerprint density at radius 2 is 0.960 bits per heavy atom. The first-order chi connectivity index (χ1) is 11.5. The predicted molar refractivity (Wildman–Crippen MR) is 122 cm³/mol. The minimum absolute atomic E-state index is 0.279. The topological polar surface area (TPSA) is 75.6 Å². The molecule has 0 heterocycles. The molecule has 0 saturated carbocycles. The zero-order chi connectivity index (χ0) is 19.7. The summed E-state index contributed by atoms with van der Waals surface area (Å²) < 4.78 is 31.4. The molecule has 0 aliphatic carbocycles. The highest BCUT2D eigenvalue weighted by Crippen LogP contribution is 2.71. The largest absolute Gasteiger partial charge is 0.382 e. The van der Waals surface area contributed by atoms with E-state index in [-0.39, 0.29) is 11.0 Å². The van der Waals surface area contributed by atoms with Gasteiger partial charge in [0.05, 0.1) is 4.58 Å². The van der Waals surface area contributed by atoms with E-state index in [9.17, 15) is 5.11 Å². The maximum atomic E-state index is 10.4. The summed E-state index contributed by atoms with van der Waals surface area (Å²) in [6.45, 7) is 0. The van der Waals surface area contributed by atoms with Gasteiger partial charge < -0.3 is 32.2 Å². The molecule has 0 saturated heterocycles. The van der Waals surface area contributed by atoms with E-state index in [1.807, 2.05) is 0 Å². The van der Waals surface area contributed by atoms with Crippen LogP contribution in [0, 0.1) is 0 Å². The van der Waals surface area contributed by atoms with Gasteiger partial charge in [0.25, 0.3) is 0 Å². The highest BCUT2D eigenvalue weighted by Gasteiger charge is 2.33. The molecular weight excluding hydrogens is 505 g/mol. The molecule has 0 aromatic carbocycles. The lowest BCUT2D eigenvalue weighted by Gasteiger charge is -2.28. The van der Waals surface area contributed by atoms with Gasteiger partial charge in [0.1, 0.15) is 5.44 Å². The highest BCUT2D eigenvalue weighted by atomic mass is 32.9. The van der Waals surface area contributed by atoms with Crippen LogP contribution in [0.4, 0.5) is 0 Å². The van der Waals surface area contributed by atoms with Crippen LogP contribution in [0.5, 0.6) is 0 Å². The molecule has 0 fully saturated rings. The van der Waals surface area contributed by atoms with E-state index >= 15 is 0 Å². The van der Waals surface area contributed by atoms with Crippen molar-refractivity contribution < 1.29 is 32.2 Å². The highest BCUT2D eigenvalue weighted by molar-refractivity contribution is 8.76. The molecule has 152 valence electrons. The van der Waals surface area contributed by atoms with Gasteiger partial charge in [-0.3, -0.25) is 0 Å². The fourth-order valence-corrected chi connectivity index (χ4v) is 16.4. The monoisotopic (exact) mass is 528 g/mol. The van der Waals surface area contributed by atoms with Gasteiger partial charge in [0.15, 0.2) is 0 Å². The Kier molecular flexibility index (Phi) is 14.5. The van der Waals surface area contributed by atoms with E-state index in [1.165, 1.54) is 65.4 Å². The van der Waals surface area contributed by atoms with Crippen molar-refractivity contribution in [1.82, 2.24) is 0 Å². The molecule has 0 bridgehead atoms. The van der Waals surface area contributed by atoms with Gasteiger partial charge in [-0.2, -0.15) is 0 Å². The fraction of sp³-hybridized carbons (Fsp3) is 1.00. The Bertz CT molecular complexity index is 486. The van der Waals surface area contributed by atoms with Crippen molar-refractivity contribution in [2.45, 2.75) is 16.4 Å². The van der Waals surface area contributed by atoms with Crippen LogP contribution in [-0.2, 0) is 62.6 Å². The maximum absolute atomic E-state index is 10.4. The zero-order valence-corrected chi connectivity index (χ0v) is 22.1. The van der Waals surface area contributed by atoms with Crippen LogP contribution < -0.4 is 0 Å². The molecule has 0 radical (unpaired) electrons. The normalized spacial score (nSPS) is 14.9. The van der Waals surface area contributed by atoms with Crippen LogP contribution >= 0.6 is 51.2 Å². The predicted octanol–water partition coefficient (Wildman–Crippen LogP) is 4.77. The third-order valence-corrected chi connectivity index (χ3v) is 20.9. The van der Waals surface area contributed by atoms with Crippen molar-refractivity contribution in [2.75, 3.05) is 42.7 Å². The Morgan fingerprint density at radius 3 is 1.24 bits per heavy atom. The summed E-state index contributed by atoms with van der Waals surface area (Å²) in [4.78, 5) is 0. The first-order valence-electron chi connectivity index (χ1n) is 6.42. The van der Waals surface area contributed by atoms with Crippen molar-refractivity contribution in [1.29, 1.82) is 0 Å². The first kappa shape index (κ1) is 27.7. The van der Waals surface area contributed by atoms with Crippen LogP contribution in [0.1, 0.15) is 6.42 Å². The lowest BCUT2D eigenvalue weighted by molar-refractivity contribution is 0.258. The van der Waals surface area contributed by atoms with Gasteiger partial charge in [-0.15, -0.1) is 0 Å². The van der Waals surface area contributed by atoms with Gasteiger partial charge in [-0.1, -0.05) is 22.8 Å². The summed E-state index contributed by atoms with van der Waals surface area (Å²) in [6.07, 6.45) is 0.279. The third kappa shape index (κ3) is 10.3. The summed E-state index contributed by atoms with van der Waals surface area (Å²) in [6, 6.07) is 0. The third-order valence-electron chi connectivity index (χ3n) is 2.48. The van der Waals surface area contributed by atoms with Crippen LogP contribution in [0.15, 0.2) is 0 Å². The molecule has 0 aromatic heterocycles. The molecule has 1 atom stereocenters. The Morgan fingerprint density at radius 1 is 0.680 bits per heavy atom. The second kappa shape index (κ2) is 13.1. The molecular formula is C9H23O7P3S6. The molecule has 0 aliphatic heterocycles. The SMILES string of the molecule is COP(=S)(OC)SC(O)CC(SP(=S)(OC)OC)SP(=S)(OC)OC. The average molecular weight is 529 g/mol.